The first-order chi connectivity index (χ1) is 5.00. The van der Waals surface area contributed by atoms with Crippen molar-refractivity contribution in [3.63, 3.8) is 0 Å². The molecule has 0 saturated heterocycles. The van der Waals surface area contributed by atoms with Crippen LogP contribution in [0.4, 0.5) is 0 Å². The molecule has 0 radical (unpaired) electrons. The molecule has 0 saturated carbocycles. The normalized spacial score (nSPS) is 12.3. The lowest BCUT2D eigenvalue weighted by Crippen LogP contribution is -2.39. The van der Waals surface area contributed by atoms with Crippen LogP contribution >= 0.6 is 0 Å². The molecule has 1 atom stereocenters. The van der Waals surface area contributed by atoms with Crippen LogP contribution in [0.2, 0.25) is 0 Å². The minimum Gasteiger partial charge on any atom is -0.480 e. The minimum atomic E-state index is -0.977. The molecule has 11 heavy (non-hydrogen) atoms. The highest BCUT2D eigenvalue weighted by atomic mass is 16.4. The molecule has 64 valence electrons. The highest BCUT2D eigenvalue weighted by Crippen LogP contribution is 1.97. The summed E-state index contributed by atoms with van der Waals surface area (Å²) in [7, 11) is 1.49. The molecular weight excluding hydrogens is 146 g/mol. The number of carbonyl (C=O) groups is 2. The molecular formula is C7H13NO3. The van der Waals surface area contributed by atoms with Crippen LogP contribution in [0.1, 0.15) is 20.3 Å². The van der Waals surface area contributed by atoms with E-state index in [2.05, 4.69) is 0 Å². The van der Waals surface area contributed by atoms with Crippen molar-refractivity contribution in [3.05, 3.63) is 0 Å². The number of likely N-dealkylation sites (N-methyl/N-ethyl adjacent to an activating group) is 1. The van der Waals surface area contributed by atoms with E-state index in [9.17, 15) is 9.59 Å². The van der Waals surface area contributed by atoms with E-state index in [0.29, 0.717) is 6.42 Å². The van der Waals surface area contributed by atoms with Crippen LogP contribution in [-0.4, -0.2) is 35.0 Å². The molecule has 0 rings (SSSR count). The van der Waals surface area contributed by atoms with Crippen LogP contribution in [-0.2, 0) is 9.59 Å². The van der Waals surface area contributed by atoms with Gasteiger partial charge in [-0.15, -0.1) is 0 Å². The lowest BCUT2D eigenvalue weighted by Gasteiger charge is -2.20. The van der Waals surface area contributed by atoms with Gasteiger partial charge >= 0.3 is 5.97 Å². The van der Waals surface area contributed by atoms with Crippen molar-refractivity contribution >= 4 is 11.9 Å². The summed E-state index contributed by atoms with van der Waals surface area (Å²) < 4.78 is 0. The van der Waals surface area contributed by atoms with Gasteiger partial charge in [0.05, 0.1) is 0 Å². The Hall–Kier alpha value is -1.06. The van der Waals surface area contributed by atoms with Gasteiger partial charge in [-0.05, 0) is 6.92 Å². The summed E-state index contributed by atoms with van der Waals surface area (Å²) in [6, 6.07) is -0.734. The Morgan fingerprint density at radius 3 is 2.27 bits per heavy atom. The second-order valence-corrected chi connectivity index (χ2v) is 2.37. The van der Waals surface area contributed by atoms with E-state index in [1.807, 2.05) is 0 Å². The van der Waals surface area contributed by atoms with Gasteiger partial charge in [-0.1, -0.05) is 6.92 Å². The molecule has 0 aliphatic carbocycles. The Morgan fingerprint density at radius 1 is 1.55 bits per heavy atom. The van der Waals surface area contributed by atoms with Crippen molar-refractivity contribution in [2.75, 3.05) is 7.05 Å². The zero-order chi connectivity index (χ0) is 9.02. The Labute approximate surface area is 65.8 Å². The highest BCUT2D eigenvalue weighted by molar-refractivity contribution is 5.82. The van der Waals surface area contributed by atoms with Gasteiger partial charge in [-0.25, -0.2) is 4.79 Å². The fourth-order valence-electron chi connectivity index (χ4n) is 0.631. The summed E-state index contributed by atoms with van der Waals surface area (Å²) in [5, 5.41) is 8.50. The van der Waals surface area contributed by atoms with Gasteiger partial charge in [0, 0.05) is 13.5 Å². The lowest BCUT2D eigenvalue weighted by molar-refractivity contribution is -0.148. The Morgan fingerprint density at radius 2 is 2.00 bits per heavy atom. The molecule has 0 aliphatic rings. The van der Waals surface area contributed by atoms with Gasteiger partial charge in [0.15, 0.2) is 0 Å². The molecule has 0 aromatic carbocycles. The van der Waals surface area contributed by atoms with E-state index in [1.165, 1.54) is 18.9 Å². The minimum absolute atomic E-state index is 0.153. The summed E-state index contributed by atoms with van der Waals surface area (Å²) in [5.74, 6) is -1.13. The molecule has 0 heterocycles. The van der Waals surface area contributed by atoms with Gasteiger partial charge in [-0.2, -0.15) is 0 Å². The summed E-state index contributed by atoms with van der Waals surface area (Å²) in [6.07, 6.45) is 0.341. The van der Waals surface area contributed by atoms with Crippen molar-refractivity contribution in [3.8, 4) is 0 Å². The molecule has 4 nitrogen and oxygen atoms in total. The van der Waals surface area contributed by atoms with Crippen LogP contribution in [0.3, 0.4) is 0 Å². The SMILES string of the molecule is CCC(=O)N(C)[C@@H](C)C(=O)O. The van der Waals surface area contributed by atoms with Gasteiger partial charge in [0.1, 0.15) is 6.04 Å². The van der Waals surface area contributed by atoms with Crippen LogP contribution in [0.15, 0.2) is 0 Å². The van der Waals surface area contributed by atoms with Crippen LogP contribution in [0.5, 0.6) is 0 Å². The van der Waals surface area contributed by atoms with E-state index < -0.39 is 12.0 Å². The fraction of sp³-hybridized carbons (Fsp3) is 0.714. The standard InChI is InChI=1S/C7H13NO3/c1-4-6(9)8(3)5(2)7(10)11/h5H,4H2,1-3H3,(H,10,11)/t5-/m0/s1. The number of nitrogens with zero attached hydrogens (tertiary/aromatic N) is 1. The third kappa shape index (κ3) is 2.57. The molecule has 0 aliphatic heterocycles. The monoisotopic (exact) mass is 159 g/mol. The first-order valence-electron chi connectivity index (χ1n) is 3.49. The van der Waals surface area contributed by atoms with E-state index in [1.54, 1.807) is 6.92 Å². The van der Waals surface area contributed by atoms with Crippen molar-refractivity contribution in [2.45, 2.75) is 26.3 Å². The second-order valence-electron chi connectivity index (χ2n) is 2.37. The topological polar surface area (TPSA) is 57.6 Å². The summed E-state index contributed by atoms with van der Waals surface area (Å²) in [6.45, 7) is 3.18. The highest BCUT2D eigenvalue weighted by Gasteiger charge is 2.19. The Bertz CT molecular complexity index is 167. The van der Waals surface area contributed by atoms with Crippen molar-refractivity contribution in [1.29, 1.82) is 0 Å². The number of carboxylic acid groups (broad SMARTS) is 1. The maximum atomic E-state index is 10.9. The molecule has 4 heteroatoms. The molecule has 0 unspecified atom stereocenters. The van der Waals surface area contributed by atoms with Crippen LogP contribution in [0.25, 0.3) is 0 Å². The maximum absolute atomic E-state index is 10.9. The molecule has 1 amide bonds. The Balaban J connectivity index is 4.12. The van der Waals surface area contributed by atoms with E-state index >= 15 is 0 Å². The molecule has 0 fully saturated rings. The molecule has 0 aromatic heterocycles. The van der Waals surface area contributed by atoms with Gasteiger partial charge in [-0.3, -0.25) is 4.79 Å². The van der Waals surface area contributed by atoms with Crippen molar-refractivity contribution in [1.82, 2.24) is 4.90 Å². The van der Waals surface area contributed by atoms with E-state index in [0.717, 1.165) is 0 Å². The Kier molecular flexibility index (Phi) is 3.57. The number of hydrogen-bond donors (Lipinski definition) is 1. The first-order valence-corrected chi connectivity index (χ1v) is 3.49. The summed E-state index contributed by atoms with van der Waals surface area (Å²) in [4.78, 5) is 22.5. The summed E-state index contributed by atoms with van der Waals surface area (Å²) in [5.41, 5.74) is 0. The first kappa shape index (κ1) is 9.94. The molecule has 0 aromatic rings. The van der Waals surface area contributed by atoms with Gasteiger partial charge < -0.3 is 10.0 Å². The fourth-order valence-corrected chi connectivity index (χ4v) is 0.631. The third-order valence-electron chi connectivity index (χ3n) is 1.63. The average Bonchev–Trinajstić information content (AvgIpc) is 2.00. The summed E-state index contributed by atoms with van der Waals surface area (Å²) >= 11 is 0. The zero-order valence-corrected chi connectivity index (χ0v) is 7.00. The number of amides is 1. The number of hydrogen-bond acceptors (Lipinski definition) is 2. The number of aliphatic carboxylic acids is 1. The van der Waals surface area contributed by atoms with Crippen LogP contribution < -0.4 is 0 Å². The predicted molar refractivity (Wildman–Crippen MR) is 40.2 cm³/mol. The average molecular weight is 159 g/mol. The smallest absolute Gasteiger partial charge is 0.326 e. The zero-order valence-electron chi connectivity index (χ0n) is 7.00. The molecule has 0 bridgehead atoms. The van der Waals surface area contributed by atoms with Crippen LogP contribution in [0, 0.1) is 0 Å². The van der Waals surface area contributed by atoms with Crippen molar-refractivity contribution in [2.24, 2.45) is 0 Å². The lowest BCUT2D eigenvalue weighted by atomic mass is 10.3. The van der Waals surface area contributed by atoms with Gasteiger partial charge in [0.2, 0.25) is 5.91 Å². The maximum Gasteiger partial charge on any atom is 0.326 e. The quantitative estimate of drug-likeness (QED) is 0.645. The largest absolute Gasteiger partial charge is 0.480 e. The molecule has 1 N–H and O–H groups in total. The number of carboxylic acids is 1. The second kappa shape index (κ2) is 3.95. The van der Waals surface area contributed by atoms with Crippen molar-refractivity contribution < 1.29 is 14.7 Å². The number of rotatable bonds is 3. The van der Waals surface area contributed by atoms with E-state index in [-0.39, 0.29) is 5.91 Å². The number of carbonyl (C=O) groups excluding carboxylic acids is 1. The van der Waals surface area contributed by atoms with Gasteiger partial charge in [0.25, 0.3) is 0 Å². The molecule has 0 spiro atoms. The predicted octanol–water partition coefficient (Wildman–Crippen LogP) is 0.328. The van der Waals surface area contributed by atoms with E-state index in [4.69, 9.17) is 5.11 Å². The third-order valence-corrected chi connectivity index (χ3v) is 1.63.